The number of rotatable bonds is 1. The first-order valence-electron chi connectivity index (χ1n) is 4.12. The number of hydrogen-bond acceptors (Lipinski definition) is 4. The molecule has 0 spiro atoms. The maximum Gasteiger partial charge on any atom is 0.111 e. The summed E-state index contributed by atoms with van der Waals surface area (Å²) in [6, 6.07) is 0. The predicted molar refractivity (Wildman–Crippen MR) is 42.8 cm³/mol. The van der Waals surface area contributed by atoms with E-state index in [2.05, 4.69) is 0 Å². The third-order valence-electron chi connectivity index (χ3n) is 2.33. The summed E-state index contributed by atoms with van der Waals surface area (Å²) in [4.78, 5) is 0. The molecule has 1 saturated heterocycles. The van der Waals surface area contributed by atoms with Crippen LogP contribution in [0.25, 0.3) is 0 Å². The van der Waals surface area contributed by atoms with E-state index in [0.717, 1.165) is 0 Å². The summed E-state index contributed by atoms with van der Waals surface area (Å²) in [5.41, 5.74) is 0. The summed E-state index contributed by atoms with van der Waals surface area (Å²) in [6.07, 6.45) is -2.65. The minimum Gasteiger partial charge on any atom is -0.388 e. The van der Waals surface area contributed by atoms with E-state index in [4.69, 9.17) is 9.47 Å². The van der Waals surface area contributed by atoms with Gasteiger partial charge in [-0.2, -0.15) is 0 Å². The largest absolute Gasteiger partial charge is 0.388 e. The van der Waals surface area contributed by atoms with Gasteiger partial charge in [0.1, 0.15) is 18.3 Å². The SMILES string of the molecule is CO[C@@H]1C(C)O[C@H](C)C(O)[C@H]1O. The molecule has 4 heteroatoms. The second kappa shape index (κ2) is 3.70. The van der Waals surface area contributed by atoms with Gasteiger partial charge >= 0.3 is 0 Å². The van der Waals surface area contributed by atoms with E-state index in [9.17, 15) is 10.2 Å². The second-order valence-electron chi connectivity index (χ2n) is 3.23. The molecule has 72 valence electrons. The molecule has 2 N–H and O–H groups in total. The smallest absolute Gasteiger partial charge is 0.111 e. The van der Waals surface area contributed by atoms with Crippen molar-refractivity contribution in [3.8, 4) is 0 Å². The summed E-state index contributed by atoms with van der Waals surface area (Å²) in [5, 5.41) is 18.9. The Balaban J connectivity index is 2.65. The Morgan fingerprint density at radius 3 is 2.17 bits per heavy atom. The average Bonchev–Trinajstić information content (AvgIpc) is 2.01. The molecule has 0 amide bonds. The van der Waals surface area contributed by atoms with Crippen LogP contribution in [0.5, 0.6) is 0 Å². The van der Waals surface area contributed by atoms with Gasteiger partial charge in [0.25, 0.3) is 0 Å². The van der Waals surface area contributed by atoms with Crippen LogP contribution in [0.15, 0.2) is 0 Å². The van der Waals surface area contributed by atoms with Crippen LogP contribution in [0.1, 0.15) is 13.8 Å². The first-order chi connectivity index (χ1) is 5.57. The zero-order valence-electron chi connectivity index (χ0n) is 7.60. The van der Waals surface area contributed by atoms with Gasteiger partial charge in [0.2, 0.25) is 0 Å². The van der Waals surface area contributed by atoms with E-state index >= 15 is 0 Å². The van der Waals surface area contributed by atoms with Gasteiger partial charge in [-0.15, -0.1) is 0 Å². The van der Waals surface area contributed by atoms with Crippen molar-refractivity contribution in [2.75, 3.05) is 7.11 Å². The van der Waals surface area contributed by atoms with Crippen molar-refractivity contribution in [1.29, 1.82) is 0 Å². The lowest BCUT2D eigenvalue weighted by atomic mass is 9.96. The fourth-order valence-corrected chi connectivity index (χ4v) is 1.58. The minimum absolute atomic E-state index is 0.177. The minimum atomic E-state index is -0.855. The molecule has 1 rings (SSSR count). The number of aliphatic hydroxyl groups is 2. The van der Waals surface area contributed by atoms with Gasteiger partial charge in [-0.25, -0.2) is 0 Å². The number of aliphatic hydroxyl groups excluding tert-OH is 2. The van der Waals surface area contributed by atoms with Gasteiger partial charge in [-0.3, -0.25) is 0 Å². The second-order valence-corrected chi connectivity index (χ2v) is 3.23. The van der Waals surface area contributed by atoms with Crippen molar-refractivity contribution in [1.82, 2.24) is 0 Å². The van der Waals surface area contributed by atoms with E-state index < -0.39 is 18.3 Å². The molecule has 0 aromatic carbocycles. The third-order valence-corrected chi connectivity index (χ3v) is 2.33. The molecule has 0 aromatic rings. The maximum absolute atomic E-state index is 9.52. The van der Waals surface area contributed by atoms with E-state index in [0.29, 0.717) is 0 Å². The molecule has 0 aliphatic carbocycles. The van der Waals surface area contributed by atoms with Gasteiger partial charge in [-0.1, -0.05) is 0 Å². The molecule has 1 aliphatic heterocycles. The zero-order valence-corrected chi connectivity index (χ0v) is 7.60. The lowest BCUT2D eigenvalue weighted by Crippen LogP contribution is -2.56. The first kappa shape index (κ1) is 9.92. The summed E-state index contributed by atoms with van der Waals surface area (Å²) >= 11 is 0. The van der Waals surface area contributed by atoms with Crippen molar-refractivity contribution in [2.45, 2.75) is 44.4 Å². The molecule has 0 saturated carbocycles. The van der Waals surface area contributed by atoms with Crippen molar-refractivity contribution >= 4 is 0 Å². The summed E-state index contributed by atoms with van der Waals surface area (Å²) < 4.78 is 10.3. The quantitative estimate of drug-likeness (QED) is 0.567. The highest BCUT2D eigenvalue weighted by molar-refractivity contribution is 4.89. The van der Waals surface area contributed by atoms with E-state index in [1.165, 1.54) is 7.11 Å². The Morgan fingerprint density at radius 2 is 1.67 bits per heavy atom. The van der Waals surface area contributed by atoms with Crippen molar-refractivity contribution in [2.24, 2.45) is 0 Å². The summed E-state index contributed by atoms with van der Waals surface area (Å²) in [7, 11) is 1.50. The third kappa shape index (κ3) is 1.61. The van der Waals surface area contributed by atoms with Gasteiger partial charge in [0.15, 0.2) is 0 Å². The molecule has 0 aromatic heterocycles. The Morgan fingerprint density at radius 1 is 1.08 bits per heavy atom. The summed E-state index contributed by atoms with van der Waals surface area (Å²) in [6.45, 7) is 3.55. The van der Waals surface area contributed by atoms with Crippen molar-refractivity contribution in [3.05, 3.63) is 0 Å². The Hall–Kier alpha value is -0.160. The fraction of sp³-hybridized carbons (Fsp3) is 1.00. The molecule has 1 aliphatic rings. The van der Waals surface area contributed by atoms with Crippen LogP contribution in [0, 0.1) is 0 Å². The van der Waals surface area contributed by atoms with Gasteiger partial charge in [-0.05, 0) is 13.8 Å². The topological polar surface area (TPSA) is 58.9 Å². The average molecular weight is 176 g/mol. The Labute approximate surface area is 72.1 Å². The lowest BCUT2D eigenvalue weighted by Gasteiger charge is -2.39. The standard InChI is InChI=1S/C8H16O4/c1-4-6(9)7(10)8(11-3)5(2)12-4/h4-10H,1-3H3/t4-,5?,6?,7-,8-/m1/s1. The molecular weight excluding hydrogens is 160 g/mol. The lowest BCUT2D eigenvalue weighted by molar-refractivity contribution is -0.219. The molecule has 12 heavy (non-hydrogen) atoms. The van der Waals surface area contributed by atoms with Crippen LogP contribution in [0.3, 0.4) is 0 Å². The fourth-order valence-electron chi connectivity index (χ4n) is 1.58. The highest BCUT2D eigenvalue weighted by Crippen LogP contribution is 2.22. The van der Waals surface area contributed by atoms with Gasteiger partial charge in [0, 0.05) is 7.11 Å². The number of ether oxygens (including phenoxy) is 2. The first-order valence-corrected chi connectivity index (χ1v) is 4.12. The molecule has 0 bridgehead atoms. The molecule has 1 heterocycles. The van der Waals surface area contributed by atoms with Crippen LogP contribution in [0.4, 0.5) is 0 Å². The zero-order chi connectivity index (χ0) is 9.30. The van der Waals surface area contributed by atoms with Crippen molar-refractivity contribution < 1.29 is 19.7 Å². The van der Waals surface area contributed by atoms with Crippen LogP contribution < -0.4 is 0 Å². The number of hydrogen-bond donors (Lipinski definition) is 2. The van der Waals surface area contributed by atoms with Crippen LogP contribution in [0.2, 0.25) is 0 Å². The normalized spacial score (nSPS) is 49.2. The van der Waals surface area contributed by atoms with Crippen LogP contribution >= 0.6 is 0 Å². The monoisotopic (exact) mass is 176 g/mol. The molecular formula is C8H16O4. The Kier molecular flexibility index (Phi) is 3.06. The van der Waals surface area contributed by atoms with Gasteiger partial charge in [0.05, 0.1) is 12.2 Å². The van der Waals surface area contributed by atoms with Crippen LogP contribution in [-0.2, 0) is 9.47 Å². The molecule has 0 radical (unpaired) electrons. The molecule has 4 nitrogen and oxygen atoms in total. The Bertz CT molecular complexity index is 150. The van der Waals surface area contributed by atoms with E-state index in [1.807, 2.05) is 6.92 Å². The number of methoxy groups -OCH3 is 1. The predicted octanol–water partition coefficient (Wildman–Crippen LogP) is -0.470. The highest BCUT2D eigenvalue weighted by atomic mass is 16.6. The molecule has 1 fully saturated rings. The van der Waals surface area contributed by atoms with Crippen LogP contribution in [-0.4, -0.2) is 47.8 Å². The van der Waals surface area contributed by atoms with E-state index in [-0.39, 0.29) is 12.2 Å². The maximum atomic E-state index is 9.52. The molecule has 5 atom stereocenters. The van der Waals surface area contributed by atoms with E-state index in [1.54, 1.807) is 6.92 Å². The van der Waals surface area contributed by atoms with Gasteiger partial charge < -0.3 is 19.7 Å². The summed E-state index contributed by atoms with van der Waals surface area (Å²) in [5.74, 6) is 0. The van der Waals surface area contributed by atoms with Crippen molar-refractivity contribution in [3.63, 3.8) is 0 Å². The molecule has 2 unspecified atom stereocenters. The highest BCUT2D eigenvalue weighted by Gasteiger charge is 2.40.